The molecule has 1 aromatic rings. The minimum absolute atomic E-state index is 0.130. The summed E-state index contributed by atoms with van der Waals surface area (Å²) in [6.07, 6.45) is 2.04. The summed E-state index contributed by atoms with van der Waals surface area (Å²) >= 11 is 0. The van der Waals surface area contributed by atoms with Crippen LogP contribution in [0.15, 0.2) is 18.2 Å². The van der Waals surface area contributed by atoms with Crippen molar-refractivity contribution in [3.63, 3.8) is 0 Å². The molecule has 0 spiro atoms. The van der Waals surface area contributed by atoms with Gasteiger partial charge in [0, 0.05) is 25.2 Å². The Balaban J connectivity index is 2.35. The summed E-state index contributed by atoms with van der Waals surface area (Å²) in [6, 6.07) is 4.23. The quantitative estimate of drug-likeness (QED) is 0.626. The third kappa shape index (κ3) is 2.88. The third-order valence-corrected chi connectivity index (χ3v) is 3.65. The van der Waals surface area contributed by atoms with Crippen molar-refractivity contribution >= 4 is 17.3 Å². The van der Waals surface area contributed by atoms with Gasteiger partial charge in [-0.25, -0.2) is 0 Å². The van der Waals surface area contributed by atoms with Gasteiger partial charge in [0.1, 0.15) is 0 Å². The van der Waals surface area contributed by atoms with Gasteiger partial charge in [0.2, 0.25) is 0 Å². The smallest absolute Gasteiger partial charge is 0.270 e. The van der Waals surface area contributed by atoms with Crippen LogP contribution in [0.2, 0.25) is 0 Å². The molecule has 2 rings (SSSR count). The Kier molecular flexibility index (Phi) is 4.19. The Labute approximate surface area is 116 Å². The number of piperidine rings is 1. The molecule has 0 bridgehead atoms. The van der Waals surface area contributed by atoms with Crippen LogP contribution >= 0.6 is 0 Å². The molecule has 1 atom stereocenters. The van der Waals surface area contributed by atoms with Crippen molar-refractivity contribution in [1.29, 1.82) is 0 Å². The largest absolute Gasteiger partial charge is 0.371 e. The van der Waals surface area contributed by atoms with Gasteiger partial charge < -0.3 is 16.4 Å². The maximum Gasteiger partial charge on any atom is 0.270 e. The second-order valence-corrected chi connectivity index (χ2v) is 5.01. The molecule has 1 aliphatic rings. The number of benzene rings is 1. The fourth-order valence-electron chi connectivity index (χ4n) is 2.59. The minimum Gasteiger partial charge on any atom is -0.371 e. The summed E-state index contributed by atoms with van der Waals surface area (Å²) in [5, 5.41) is 10.8. The van der Waals surface area contributed by atoms with Gasteiger partial charge in [0.05, 0.1) is 16.2 Å². The first-order valence-electron chi connectivity index (χ1n) is 6.56. The summed E-state index contributed by atoms with van der Waals surface area (Å²) in [5.74, 6) is -0.279. The number of nitrogens with zero attached hydrogens (tertiary/aromatic N) is 2. The van der Waals surface area contributed by atoms with Gasteiger partial charge in [-0.3, -0.25) is 14.9 Å². The molecule has 1 saturated heterocycles. The van der Waals surface area contributed by atoms with Gasteiger partial charge in [0.25, 0.3) is 11.6 Å². The zero-order chi connectivity index (χ0) is 14.7. The van der Waals surface area contributed by atoms with E-state index in [1.165, 1.54) is 12.1 Å². The first-order valence-corrected chi connectivity index (χ1v) is 6.56. The molecule has 0 saturated carbocycles. The SMILES string of the molecule is NCC1CCCN(c2ccc([N+](=O)[O-])cc2C(N)=O)C1. The lowest BCUT2D eigenvalue weighted by Crippen LogP contribution is -2.39. The molecule has 0 aliphatic carbocycles. The highest BCUT2D eigenvalue weighted by molar-refractivity contribution is 5.99. The Bertz CT molecular complexity index is 532. The molecule has 1 unspecified atom stereocenters. The van der Waals surface area contributed by atoms with Crippen LogP contribution in [0.1, 0.15) is 23.2 Å². The molecule has 108 valence electrons. The van der Waals surface area contributed by atoms with Crippen molar-refractivity contribution in [2.75, 3.05) is 24.5 Å². The van der Waals surface area contributed by atoms with E-state index in [2.05, 4.69) is 0 Å². The van der Waals surface area contributed by atoms with Gasteiger partial charge in [0.15, 0.2) is 0 Å². The predicted octanol–water partition coefficient (Wildman–Crippen LogP) is 0.869. The van der Waals surface area contributed by atoms with Gasteiger partial charge >= 0.3 is 0 Å². The summed E-state index contributed by atoms with van der Waals surface area (Å²) in [6.45, 7) is 2.14. The number of amides is 1. The van der Waals surface area contributed by atoms with Crippen LogP contribution in [0, 0.1) is 16.0 Å². The van der Waals surface area contributed by atoms with Gasteiger partial charge in [-0.1, -0.05) is 0 Å². The molecule has 20 heavy (non-hydrogen) atoms. The fraction of sp³-hybridized carbons (Fsp3) is 0.462. The molecule has 1 aromatic carbocycles. The molecule has 7 nitrogen and oxygen atoms in total. The van der Waals surface area contributed by atoms with Crippen LogP contribution in [-0.4, -0.2) is 30.5 Å². The molecule has 1 heterocycles. The predicted molar refractivity (Wildman–Crippen MR) is 75.6 cm³/mol. The van der Waals surface area contributed by atoms with Crippen molar-refractivity contribution in [3.05, 3.63) is 33.9 Å². The summed E-state index contributed by atoms with van der Waals surface area (Å²) in [4.78, 5) is 23.8. The number of primary amides is 1. The normalized spacial score (nSPS) is 18.9. The van der Waals surface area contributed by atoms with E-state index in [4.69, 9.17) is 11.5 Å². The molecule has 1 fully saturated rings. The Morgan fingerprint density at radius 2 is 2.25 bits per heavy atom. The molecule has 1 amide bonds. The highest BCUT2D eigenvalue weighted by atomic mass is 16.6. The molecular formula is C13H18N4O3. The van der Waals surface area contributed by atoms with Crippen molar-refractivity contribution in [2.24, 2.45) is 17.4 Å². The molecule has 0 radical (unpaired) electrons. The van der Waals surface area contributed by atoms with Crippen LogP contribution in [0.5, 0.6) is 0 Å². The number of rotatable bonds is 4. The maximum absolute atomic E-state index is 11.5. The molecule has 4 N–H and O–H groups in total. The standard InChI is InChI=1S/C13H18N4O3/c14-7-9-2-1-5-16(8-9)12-4-3-10(17(19)20)6-11(12)13(15)18/h3-4,6,9H,1-2,5,7-8,14H2,(H2,15,18). The van der Waals surface area contributed by atoms with Gasteiger partial charge in [-0.05, 0) is 31.4 Å². The monoisotopic (exact) mass is 278 g/mol. The number of anilines is 1. The maximum atomic E-state index is 11.5. The third-order valence-electron chi connectivity index (χ3n) is 3.65. The van der Waals surface area contributed by atoms with E-state index in [1.807, 2.05) is 4.90 Å². The Morgan fingerprint density at radius 1 is 1.50 bits per heavy atom. The van der Waals surface area contributed by atoms with E-state index >= 15 is 0 Å². The first-order chi connectivity index (χ1) is 9.52. The second kappa shape index (κ2) is 5.87. The van der Waals surface area contributed by atoms with Crippen LogP contribution in [0.25, 0.3) is 0 Å². The van der Waals surface area contributed by atoms with E-state index in [1.54, 1.807) is 6.07 Å². The van der Waals surface area contributed by atoms with Gasteiger partial charge in [-0.2, -0.15) is 0 Å². The lowest BCUT2D eigenvalue weighted by atomic mass is 9.97. The average molecular weight is 278 g/mol. The summed E-state index contributed by atoms with van der Waals surface area (Å²) in [5.41, 5.74) is 11.8. The van der Waals surface area contributed by atoms with Crippen LogP contribution in [0.4, 0.5) is 11.4 Å². The lowest BCUT2D eigenvalue weighted by molar-refractivity contribution is -0.384. The topological polar surface area (TPSA) is 115 Å². The zero-order valence-corrected chi connectivity index (χ0v) is 11.1. The summed E-state index contributed by atoms with van der Waals surface area (Å²) < 4.78 is 0. The number of hydrogen-bond acceptors (Lipinski definition) is 5. The van der Waals surface area contributed by atoms with Crippen molar-refractivity contribution < 1.29 is 9.72 Å². The van der Waals surface area contributed by atoms with Crippen LogP contribution < -0.4 is 16.4 Å². The van der Waals surface area contributed by atoms with Crippen LogP contribution in [0.3, 0.4) is 0 Å². The number of carbonyl (C=O) groups is 1. The number of carbonyl (C=O) groups excluding carboxylic acids is 1. The molecular weight excluding hydrogens is 260 g/mol. The van der Waals surface area contributed by atoms with Crippen molar-refractivity contribution in [2.45, 2.75) is 12.8 Å². The Morgan fingerprint density at radius 3 is 2.85 bits per heavy atom. The zero-order valence-electron chi connectivity index (χ0n) is 11.1. The van der Waals surface area contributed by atoms with E-state index in [0.717, 1.165) is 25.9 Å². The van der Waals surface area contributed by atoms with E-state index in [0.29, 0.717) is 18.2 Å². The number of nitro groups is 1. The highest BCUT2D eigenvalue weighted by Crippen LogP contribution is 2.28. The van der Waals surface area contributed by atoms with Crippen molar-refractivity contribution in [1.82, 2.24) is 0 Å². The average Bonchev–Trinajstić information content (AvgIpc) is 2.46. The number of hydrogen-bond donors (Lipinski definition) is 2. The van der Waals surface area contributed by atoms with E-state index in [9.17, 15) is 14.9 Å². The lowest BCUT2D eigenvalue weighted by Gasteiger charge is -2.34. The fourth-order valence-corrected chi connectivity index (χ4v) is 2.59. The molecule has 7 heteroatoms. The Hall–Kier alpha value is -2.15. The number of non-ortho nitro benzene ring substituents is 1. The van der Waals surface area contributed by atoms with Crippen molar-refractivity contribution in [3.8, 4) is 0 Å². The number of nitro benzene ring substituents is 1. The van der Waals surface area contributed by atoms with Gasteiger partial charge in [-0.15, -0.1) is 0 Å². The van der Waals surface area contributed by atoms with E-state index in [-0.39, 0.29) is 11.3 Å². The number of nitrogens with two attached hydrogens (primary N) is 2. The van der Waals surface area contributed by atoms with E-state index < -0.39 is 10.8 Å². The molecule has 1 aliphatic heterocycles. The molecule has 0 aromatic heterocycles. The highest BCUT2D eigenvalue weighted by Gasteiger charge is 2.23. The first kappa shape index (κ1) is 14.3. The minimum atomic E-state index is -0.654. The van der Waals surface area contributed by atoms with Crippen LogP contribution in [-0.2, 0) is 0 Å². The summed E-state index contributed by atoms with van der Waals surface area (Å²) in [7, 11) is 0. The second-order valence-electron chi connectivity index (χ2n) is 5.01.